The van der Waals surface area contributed by atoms with Crippen LogP contribution < -0.4 is 5.32 Å². The summed E-state index contributed by atoms with van der Waals surface area (Å²) in [6.45, 7) is 7.79. The number of thiazole rings is 1. The Kier molecular flexibility index (Phi) is 4.01. The molecule has 1 atom stereocenters. The van der Waals surface area contributed by atoms with Crippen molar-refractivity contribution in [3.8, 4) is 0 Å². The summed E-state index contributed by atoms with van der Waals surface area (Å²) < 4.78 is 5.12. The van der Waals surface area contributed by atoms with Crippen LogP contribution in [0, 0.1) is 13.8 Å². The average molecular weight is 320 g/mol. The van der Waals surface area contributed by atoms with E-state index in [1.165, 1.54) is 0 Å². The summed E-state index contributed by atoms with van der Waals surface area (Å²) in [7, 11) is 0. The van der Waals surface area contributed by atoms with Crippen LogP contribution in [-0.4, -0.2) is 34.0 Å². The zero-order chi connectivity index (χ0) is 15.7. The zero-order valence-electron chi connectivity index (χ0n) is 13.0. The van der Waals surface area contributed by atoms with Crippen LogP contribution in [0.1, 0.15) is 35.5 Å². The highest BCUT2D eigenvalue weighted by atomic mass is 32.1. The van der Waals surface area contributed by atoms with Crippen LogP contribution in [0.15, 0.2) is 16.0 Å². The van der Waals surface area contributed by atoms with E-state index in [0.717, 1.165) is 48.2 Å². The van der Waals surface area contributed by atoms with E-state index < -0.39 is 0 Å². The fourth-order valence-electron chi connectivity index (χ4n) is 2.99. The lowest BCUT2D eigenvalue weighted by Crippen LogP contribution is -2.47. The molecule has 1 fully saturated rings. The van der Waals surface area contributed by atoms with Crippen LogP contribution in [0.25, 0.3) is 0 Å². The predicted octanol–water partition coefficient (Wildman–Crippen LogP) is 1.99. The Morgan fingerprint density at radius 1 is 1.55 bits per heavy atom. The summed E-state index contributed by atoms with van der Waals surface area (Å²) >= 11 is 1.61. The summed E-state index contributed by atoms with van der Waals surface area (Å²) in [6.07, 6.45) is 0.858. The fraction of sp³-hybridized carbons (Fsp3) is 0.533. The molecular formula is C15H20N4O2S. The van der Waals surface area contributed by atoms with Crippen molar-refractivity contribution in [1.82, 2.24) is 20.4 Å². The van der Waals surface area contributed by atoms with Crippen LogP contribution in [-0.2, 0) is 16.9 Å². The first-order chi connectivity index (χ1) is 10.5. The van der Waals surface area contributed by atoms with Gasteiger partial charge in [0.25, 0.3) is 0 Å². The maximum absolute atomic E-state index is 11.7. The number of nitrogens with one attached hydrogen (secondary N) is 1. The Morgan fingerprint density at radius 2 is 2.36 bits per heavy atom. The van der Waals surface area contributed by atoms with Gasteiger partial charge in [0.1, 0.15) is 16.3 Å². The SMILES string of the molecule is CC(=O)NC1(c2nc(C)cs2)CCN(Cc2cc(C)on2)C1. The van der Waals surface area contributed by atoms with Gasteiger partial charge in [0.15, 0.2) is 0 Å². The minimum atomic E-state index is -0.385. The molecule has 0 spiro atoms. The van der Waals surface area contributed by atoms with Crippen molar-refractivity contribution < 1.29 is 9.32 Å². The molecule has 1 N–H and O–H groups in total. The monoisotopic (exact) mass is 320 g/mol. The highest BCUT2D eigenvalue weighted by molar-refractivity contribution is 7.09. The molecule has 22 heavy (non-hydrogen) atoms. The topological polar surface area (TPSA) is 71.3 Å². The lowest BCUT2D eigenvalue weighted by molar-refractivity contribution is -0.120. The van der Waals surface area contributed by atoms with Gasteiger partial charge in [-0.25, -0.2) is 4.98 Å². The third kappa shape index (κ3) is 3.05. The number of aromatic nitrogens is 2. The first-order valence-electron chi connectivity index (χ1n) is 7.33. The van der Waals surface area contributed by atoms with E-state index in [2.05, 4.69) is 20.4 Å². The molecule has 0 aromatic carbocycles. The Hall–Kier alpha value is -1.73. The Bertz CT molecular complexity index is 681. The third-order valence-corrected chi connectivity index (χ3v) is 5.02. The lowest BCUT2D eigenvalue weighted by Gasteiger charge is -2.28. The molecule has 0 aliphatic carbocycles. The largest absolute Gasteiger partial charge is 0.361 e. The van der Waals surface area contributed by atoms with Crippen molar-refractivity contribution in [2.45, 2.75) is 39.3 Å². The van der Waals surface area contributed by atoms with Gasteiger partial charge in [-0.2, -0.15) is 0 Å². The number of carbonyl (C=O) groups excluding carboxylic acids is 1. The molecule has 0 bridgehead atoms. The van der Waals surface area contributed by atoms with Crippen LogP contribution in [0.4, 0.5) is 0 Å². The average Bonchev–Trinajstić information content (AvgIpc) is 3.12. The van der Waals surface area contributed by atoms with Gasteiger partial charge >= 0.3 is 0 Å². The van der Waals surface area contributed by atoms with Crippen LogP contribution >= 0.6 is 11.3 Å². The summed E-state index contributed by atoms with van der Waals surface area (Å²) in [4.78, 5) is 18.6. The standard InChI is InChI=1S/C15H20N4O2S/c1-10-8-22-14(16-10)15(17-12(3)20)4-5-19(9-15)7-13-6-11(2)21-18-13/h6,8H,4-5,7,9H2,1-3H3,(H,17,20). The van der Waals surface area contributed by atoms with E-state index in [1.54, 1.807) is 18.3 Å². The number of nitrogens with zero attached hydrogens (tertiary/aromatic N) is 3. The van der Waals surface area contributed by atoms with Gasteiger partial charge in [0, 0.05) is 43.7 Å². The number of hydrogen-bond donors (Lipinski definition) is 1. The molecule has 2 aromatic heterocycles. The van der Waals surface area contributed by atoms with Crippen molar-refractivity contribution in [3.63, 3.8) is 0 Å². The molecule has 0 saturated carbocycles. The van der Waals surface area contributed by atoms with Gasteiger partial charge in [0.2, 0.25) is 5.91 Å². The number of hydrogen-bond acceptors (Lipinski definition) is 6. The van der Waals surface area contributed by atoms with E-state index in [9.17, 15) is 4.79 Å². The van der Waals surface area contributed by atoms with E-state index >= 15 is 0 Å². The van der Waals surface area contributed by atoms with Crippen molar-refractivity contribution in [2.75, 3.05) is 13.1 Å². The number of rotatable bonds is 4. The van der Waals surface area contributed by atoms with E-state index in [-0.39, 0.29) is 11.4 Å². The summed E-state index contributed by atoms with van der Waals surface area (Å²) in [6, 6.07) is 1.95. The van der Waals surface area contributed by atoms with Crippen LogP contribution in [0.3, 0.4) is 0 Å². The number of aryl methyl sites for hydroxylation is 2. The van der Waals surface area contributed by atoms with Gasteiger partial charge in [-0.1, -0.05) is 5.16 Å². The predicted molar refractivity (Wildman–Crippen MR) is 83.5 cm³/mol. The maximum atomic E-state index is 11.7. The van der Waals surface area contributed by atoms with E-state index in [1.807, 2.05) is 25.3 Å². The molecule has 1 unspecified atom stereocenters. The second-order valence-corrected chi connectivity index (χ2v) is 6.80. The van der Waals surface area contributed by atoms with Crippen molar-refractivity contribution in [1.29, 1.82) is 0 Å². The lowest BCUT2D eigenvalue weighted by atomic mass is 9.99. The molecule has 7 heteroatoms. The number of likely N-dealkylation sites (tertiary alicyclic amines) is 1. The molecule has 118 valence electrons. The molecule has 3 heterocycles. The smallest absolute Gasteiger partial charge is 0.217 e. The zero-order valence-corrected chi connectivity index (χ0v) is 13.9. The van der Waals surface area contributed by atoms with E-state index in [0.29, 0.717) is 0 Å². The third-order valence-electron chi connectivity index (χ3n) is 3.85. The molecule has 6 nitrogen and oxygen atoms in total. The highest BCUT2D eigenvalue weighted by Crippen LogP contribution is 2.34. The minimum Gasteiger partial charge on any atom is -0.361 e. The maximum Gasteiger partial charge on any atom is 0.217 e. The Morgan fingerprint density at radius 3 is 2.95 bits per heavy atom. The minimum absolute atomic E-state index is 0.0213. The molecule has 1 amide bonds. The van der Waals surface area contributed by atoms with Crippen molar-refractivity contribution in [3.05, 3.63) is 33.6 Å². The van der Waals surface area contributed by atoms with Crippen LogP contribution in [0.5, 0.6) is 0 Å². The second kappa shape index (κ2) is 5.81. The van der Waals surface area contributed by atoms with Crippen molar-refractivity contribution >= 4 is 17.2 Å². The summed E-state index contributed by atoms with van der Waals surface area (Å²) in [5.74, 6) is 0.796. The highest BCUT2D eigenvalue weighted by Gasteiger charge is 2.42. The molecule has 1 saturated heterocycles. The van der Waals surface area contributed by atoms with Gasteiger partial charge in [-0.15, -0.1) is 11.3 Å². The van der Waals surface area contributed by atoms with Gasteiger partial charge < -0.3 is 9.84 Å². The van der Waals surface area contributed by atoms with Gasteiger partial charge in [-0.05, 0) is 20.3 Å². The molecule has 0 radical (unpaired) electrons. The van der Waals surface area contributed by atoms with Gasteiger partial charge in [0.05, 0.1) is 5.69 Å². The molecule has 1 aliphatic heterocycles. The fourth-order valence-corrected chi connectivity index (χ4v) is 3.96. The normalized spacial score (nSPS) is 22.1. The molecule has 2 aromatic rings. The second-order valence-electron chi connectivity index (χ2n) is 5.95. The van der Waals surface area contributed by atoms with Crippen molar-refractivity contribution in [2.24, 2.45) is 0 Å². The first kappa shape index (κ1) is 15.2. The molecule has 3 rings (SSSR count). The summed E-state index contributed by atoms with van der Waals surface area (Å²) in [5, 5.41) is 10.2. The molecular weight excluding hydrogens is 300 g/mol. The number of amides is 1. The Balaban J connectivity index is 1.79. The quantitative estimate of drug-likeness (QED) is 0.933. The number of carbonyl (C=O) groups is 1. The molecule has 1 aliphatic rings. The van der Waals surface area contributed by atoms with Crippen LogP contribution in [0.2, 0.25) is 0 Å². The summed E-state index contributed by atoms with van der Waals surface area (Å²) in [5.41, 5.74) is 1.53. The Labute approximate surface area is 133 Å². The first-order valence-corrected chi connectivity index (χ1v) is 8.21. The van der Waals surface area contributed by atoms with Gasteiger partial charge in [-0.3, -0.25) is 9.69 Å². The van der Waals surface area contributed by atoms with E-state index in [4.69, 9.17) is 4.52 Å².